The van der Waals surface area contributed by atoms with Gasteiger partial charge in [-0.15, -0.1) is 22.4 Å². The van der Waals surface area contributed by atoms with Gasteiger partial charge in [-0.05, 0) is 49.8 Å². The van der Waals surface area contributed by atoms with E-state index in [-0.39, 0.29) is 18.4 Å². The molecule has 1 amide bonds. The number of amides is 1. The number of likely N-dealkylation sites (N-methyl/N-ethyl adjacent to an activating group) is 1. The summed E-state index contributed by atoms with van der Waals surface area (Å²) in [6, 6.07) is 5.53. The topological polar surface area (TPSA) is 79.6 Å². The minimum atomic E-state index is -4.80. The maximum atomic E-state index is 13.4. The quantitative estimate of drug-likeness (QED) is 0.292. The number of pyridine rings is 1. The van der Waals surface area contributed by atoms with Crippen molar-refractivity contribution in [1.82, 2.24) is 9.88 Å². The van der Waals surface area contributed by atoms with Crippen LogP contribution in [0.3, 0.4) is 0 Å². The van der Waals surface area contributed by atoms with Crippen molar-refractivity contribution in [2.24, 2.45) is 10.2 Å². The van der Waals surface area contributed by atoms with Gasteiger partial charge in [0.1, 0.15) is 18.0 Å². The van der Waals surface area contributed by atoms with E-state index in [2.05, 4.69) is 42.6 Å². The molecule has 0 saturated carbocycles. The van der Waals surface area contributed by atoms with Crippen LogP contribution in [-0.2, 0) is 0 Å². The second-order valence-corrected chi connectivity index (χ2v) is 7.60. The predicted molar refractivity (Wildman–Crippen MR) is 125 cm³/mol. The third-order valence-electron chi connectivity index (χ3n) is 4.57. The number of benzene rings is 1. The molecule has 1 heterocycles. The Kier molecular flexibility index (Phi) is 8.76. The van der Waals surface area contributed by atoms with Gasteiger partial charge in [0.2, 0.25) is 5.88 Å². The van der Waals surface area contributed by atoms with Gasteiger partial charge in [-0.2, -0.15) is 15.3 Å². The fourth-order valence-electron chi connectivity index (χ4n) is 3.17. The van der Waals surface area contributed by atoms with Gasteiger partial charge >= 0.3 is 6.36 Å². The zero-order chi connectivity index (χ0) is 24.8. The Morgan fingerprint density at radius 1 is 1.27 bits per heavy atom. The van der Waals surface area contributed by atoms with E-state index < -0.39 is 18.2 Å². The number of hydrogen-bond donors (Lipinski definition) is 0. The summed E-state index contributed by atoms with van der Waals surface area (Å²) in [6.45, 7) is 12.8. The first-order valence-electron chi connectivity index (χ1n) is 9.79. The Morgan fingerprint density at radius 3 is 2.45 bits per heavy atom. The highest BCUT2D eigenvalue weighted by atomic mass is 31.0. The summed E-state index contributed by atoms with van der Waals surface area (Å²) in [4.78, 5) is 18.8. The molecule has 0 fully saturated rings. The summed E-state index contributed by atoms with van der Waals surface area (Å²) in [5.74, 6) is -0.638. The van der Waals surface area contributed by atoms with Crippen LogP contribution in [0, 0.1) is 6.92 Å². The van der Waals surface area contributed by atoms with Crippen molar-refractivity contribution < 1.29 is 27.4 Å². The highest BCUT2D eigenvalue weighted by molar-refractivity contribution is 7.27. The Balaban J connectivity index is 2.19. The number of alkyl halides is 3. The third kappa shape index (κ3) is 6.89. The lowest BCUT2D eigenvalue weighted by Gasteiger charge is -2.29. The first kappa shape index (κ1) is 26.1. The van der Waals surface area contributed by atoms with Gasteiger partial charge in [-0.25, -0.2) is 4.98 Å². The number of halogens is 3. The molecule has 0 aliphatic rings. The van der Waals surface area contributed by atoms with Crippen molar-refractivity contribution in [3.63, 3.8) is 0 Å². The number of nitrogens with zero attached hydrogens (tertiary/aromatic N) is 5. The highest BCUT2D eigenvalue weighted by Gasteiger charge is 2.31. The van der Waals surface area contributed by atoms with Crippen LogP contribution < -0.4 is 19.9 Å². The molecule has 178 valence electrons. The van der Waals surface area contributed by atoms with Crippen molar-refractivity contribution in [2.45, 2.75) is 33.2 Å². The molecule has 2 atom stereocenters. The predicted octanol–water partition coefficient (Wildman–Crippen LogP) is 3.76. The van der Waals surface area contributed by atoms with Gasteiger partial charge in [0, 0.05) is 26.0 Å². The summed E-state index contributed by atoms with van der Waals surface area (Å²) < 4.78 is 46.2. The van der Waals surface area contributed by atoms with E-state index in [1.54, 1.807) is 17.9 Å². The van der Waals surface area contributed by atoms with Crippen molar-refractivity contribution in [2.75, 3.05) is 18.3 Å². The van der Waals surface area contributed by atoms with Crippen molar-refractivity contribution in [3.8, 4) is 11.6 Å². The van der Waals surface area contributed by atoms with Crippen molar-refractivity contribution in [1.29, 1.82) is 0 Å². The van der Waals surface area contributed by atoms with E-state index in [4.69, 9.17) is 4.74 Å². The Morgan fingerprint density at radius 2 is 1.94 bits per heavy atom. The maximum absolute atomic E-state index is 13.4. The summed E-state index contributed by atoms with van der Waals surface area (Å²) in [7, 11) is 2.56. The zero-order valence-corrected chi connectivity index (χ0v) is 19.6. The Hall–Kier alpha value is -3.20. The molecule has 0 aliphatic carbocycles. The molecule has 0 N–H and O–H groups in total. The van der Waals surface area contributed by atoms with Gasteiger partial charge < -0.3 is 14.4 Å². The first-order valence-corrected chi connectivity index (χ1v) is 10.4. The van der Waals surface area contributed by atoms with Crippen LogP contribution in [0.1, 0.15) is 29.8 Å². The van der Waals surface area contributed by atoms with Crippen molar-refractivity contribution >= 4 is 39.6 Å². The lowest BCUT2D eigenvalue weighted by molar-refractivity contribution is -0.274. The van der Waals surface area contributed by atoms with E-state index in [1.165, 1.54) is 11.2 Å². The number of hydrogen-bond acceptors (Lipinski definition) is 7. The maximum Gasteiger partial charge on any atom is 0.573 e. The standard InChI is InChI=1S/C21H25F3N5O3P/c1-6-28(14(3)12-31-18-8-7-15(11-27-18)32-21(22,23)24)20(30)17-10-16(33)9-13(2)19(17)29(25-4)26-5/h7-11,14H,4-6,12,33H2,1-3H3/t14-/m0/s1. The van der Waals surface area contributed by atoms with Gasteiger partial charge in [0.25, 0.3) is 5.91 Å². The molecule has 1 aromatic carbocycles. The lowest BCUT2D eigenvalue weighted by atomic mass is 10.1. The molecular weight excluding hydrogens is 458 g/mol. The average molecular weight is 483 g/mol. The van der Waals surface area contributed by atoms with Crippen LogP contribution in [0.5, 0.6) is 11.6 Å². The van der Waals surface area contributed by atoms with Crippen LogP contribution in [0.15, 0.2) is 40.7 Å². The van der Waals surface area contributed by atoms with Gasteiger partial charge in [0.15, 0.2) is 0 Å². The SMILES string of the molecule is C=NN(N=C)c1c(C)cc(P)cc1C(=O)N(CC)[C@@H](C)COc1ccc(OC(F)(F)F)cn1. The van der Waals surface area contributed by atoms with Crippen LogP contribution >= 0.6 is 9.24 Å². The smallest absolute Gasteiger partial charge is 0.475 e. The molecule has 1 unspecified atom stereocenters. The molecule has 2 aromatic rings. The summed E-state index contributed by atoms with van der Waals surface area (Å²) in [5, 5.41) is 9.61. The van der Waals surface area contributed by atoms with E-state index in [0.29, 0.717) is 17.8 Å². The number of ether oxygens (including phenoxy) is 2. The molecule has 0 aliphatic heterocycles. The van der Waals surface area contributed by atoms with Crippen LogP contribution in [-0.4, -0.2) is 54.8 Å². The highest BCUT2D eigenvalue weighted by Crippen LogP contribution is 2.28. The molecule has 0 bridgehead atoms. The van der Waals surface area contributed by atoms with Gasteiger partial charge in [-0.1, -0.05) is 0 Å². The Bertz CT molecular complexity index is 994. The van der Waals surface area contributed by atoms with Gasteiger partial charge in [0.05, 0.1) is 17.8 Å². The number of carbonyl (C=O) groups excluding carboxylic acids is 1. The summed E-state index contributed by atoms with van der Waals surface area (Å²) in [5.41, 5.74) is 1.58. The Labute approximate surface area is 192 Å². The van der Waals surface area contributed by atoms with Crippen LogP contribution in [0.25, 0.3) is 0 Å². The molecule has 12 heteroatoms. The first-order chi connectivity index (χ1) is 15.5. The molecule has 33 heavy (non-hydrogen) atoms. The zero-order valence-electron chi connectivity index (χ0n) is 18.5. The molecular formula is C21H25F3N5O3P. The molecule has 2 rings (SSSR count). The van der Waals surface area contributed by atoms with Gasteiger partial charge in [-0.3, -0.25) is 4.79 Å². The second-order valence-electron chi connectivity index (χ2n) is 6.94. The largest absolute Gasteiger partial charge is 0.573 e. The molecule has 0 spiro atoms. The lowest BCUT2D eigenvalue weighted by Crippen LogP contribution is -2.42. The molecule has 1 aromatic heterocycles. The van der Waals surface area contributed by atoms with E-state index in [0.717, 1.165) is 23.1 Å². The molecule has 0 saturated heterocycles. The number of aryl methyl sites for hydroxylation is 1. The molecule has 0 radical (unpaired) electrons. The number of carbonyl (C=O) groups is 1. The van der Waals surface area contributed by atoms with Crippen LogP contribution in [0.4, 0.5) is 18.9 Å². The van der Waals surface area contributed by atoms with E-state index >= 15 is 0 Å². The fourth-order valence-corrected chi connectivity index (χ4v) is 3.59. The average Bonchev–Trinajstić information content (AvgIpc) is 2.74. The van der Waals surface area contributed by atoms with E-state index in [1.807, 2.05) is 19.9 Å². The van der Waals surface area contributed by atoms with Crippen LogP contribution in [0.2, 0.25) is 0 Å². The normalized spacial score (nSPS) is 12.0. The minimum Gasteiger partial charge on any atom is -0.475 e. The van der Waals surface area contributed by atoms with E-state index in [9.17, 15) is 18.0 Å². The van der Waals surface area contributed by atoms with Crippen molar-refractivity contribution in [3.05, 3.63) is 41.6 Å². The number of anilines is 1. The monoisotopic (exact) mass is 483 g/mol. The second kappa shape index (κ2) is 11.1. The third-order valence-corrected chi connectivity index (χ3v) is 4.90. The number of rotatable bonds is 10. The number of aromatic nitrogens is 1. The fraction of sp³-hybridized carbons (Fsp3) is 0.333. The molecule has 8 nitrogen and oxygen atoms in total. The number of hydrazone groups is 2. The summed E-state index contributed by atoms with van der Waals surface area (Å²) >= 11 is 0. The minimum absolute atomic E-state index is 0.0596. The summed E-state index contributed by atoms with van der Waals surface area (Å²) in [6.07, 6.45) is -3.89.